The first-order valence-corrected chi connectivity index (χ1v) is 4.98. The number of rotatable bonds is 4. The van der Waals surface area contributed by atoms with Gasteiger partial charge < -0.3 is 20.5 Å². The molecule has 0 bridgehead atoms. The zero-order valence-electron chi connectivity index (χ0n) is 9.60. The van der Waals surface area contributed by atoms with Crippen molar-refractivity contribution >= 4 is 23.7 Å². The molecule has 1 rings (SSSR count). The van der Waals surface area contributed by atoms with Gasteiger partial charge in [0.2, 0.25) is 0 Å². The highest BCUT2D eigenvalue weighted by Gasteiger charge is 2.07. The van der Waals surface area contributed by atoms with Crippen LogP contribution in [0.5, 0.6) is 0 Å². The van der Waals surface area contributed by atoms with E-state index < -0.39 is 18.0 Å². The van der Waals surface area contributed by atoms with Crippen LogP contribution in [-0.4, -0.2) is 36.7 Å². The number of esters is 1. The van der Waals surface area contributed by atoms with Crippen LogP contribution in [0.2, 0.25) is 0 Å². The zero-order valence-corrected chi connectivity index (χ0v) is 9.60. The van der Waals surface area contributed by atoms with Crippen molar-refractivity contribution in [2.24, 2.45) is 0 Å². The second-order valence-corrected chi connectivity index (χ2v) is 3.27. The van der Waals surface area contributed by atoms with Crippen molar-refractivity contribution in [3.63, 3.8) is 0 Å². The summed E-state index contributed by atoms with van der Waals surface area (Å²) >= 11 is 0. The molecule has 0 aliphatic carbocycles. The van der Waals surface area contributed by atoms with Gasteiger partial charge in [-0.05, 0) is 18.2 Å². The first-order valence-electron chi connectivity index (χ1n) is 4.98. The van der Waals surface area contributed by atoms with Gasteiger partial charge in [-0.2, -0.15) is 0 Å². The van der Waals surface area contributed by atoms with Crippen LogP contribution >= 0.6 is 0 Å². The molecule has 0 saturated heterocycles. The second-order valence-electron chi connectivity index (χ2n) is 3.27. The molecule has 0 heterocycles. The van der Waals surface area contributed by atoms with Gasteiger partial charge in [0.05, 0.1) is 12.7 Å². The van der Waals surface area contributed by atoms with Gasteiger partial charge in [-0.1, -0.05) is 6.07 Å². The molecule has 7 heteroatoms. The summed E-state index contributed by atoms with van der Waals surface area (Å²) in [6, 6.07) is 5.12. The molecule has 1 aromatic rings. The third-order valence-corrected chi connectivity index (χ3v) is 1.99. The minimum absolute atomic E-state index is 0.0563. The standard InChI is InChI=1S/C11H12N2O5/c1-18-9(14)6-12-11(17)13-8-4-2-3-7(5-8)10(15)16/h2-5H,6H2,1H3,(H,15,16)(H2,12,13,17). The smallest absolute Gasteiger partial charge is 0.335 e. The molecule has 1 aromatic carbocycles. The Hall–Kier alpha value is -2.57. The molecule has 0 unspecified atom stereocenters. The van der Waals surface area contributed by atoms with Crippen LogP contribution in [-0.2, 0) is 9.53 Å². The van der Waals surface area contributed by atoms with E-state index in [9.17, 15) is 14.4 Å². The summed E-state index contributed by atoms with van der Waals surface area (Å²) in [6.07, 6.45) is 0. The van der Waals surface area contributed by atoms with Crippen LogP contribution in [0.25, 0.3) is 0 Å². The summed E-state index contributed by atoms with van der Waals surface area (Å²) < 4.78 is 4.34. The van der Waals surface area contributed by atoms with E-state index >= 15 is 0 Å². The summed E-state index contributed by atoms with van der Waals surface area (Å²) in [5.41, 5.74) is 0.373. The molecule has 2 amide bonds. The van der Waals surface area contributed by atoms with Crippen LogP contribution in [0.1, 0.15) is 10.4 Å². The lowest BCUT2D eigenvalue weighted by atomic mass is 10.2. The third kappa shape index (κ3) is 4.12. The second kappa shape index (κ2) is 6.24. The van der Waals surface area contributed by atoms with Crippen molar-refractivity contribution in [1.82, 2.24) is 5.32 Å². The number of carboxylic acids is 1. The van der Waals surface area contributed by atoms with Crippen molar-refractivity contribution in [2.75, 3.05) is 19.0 Å². The topological polar surface area (TPSA) is 105 Å². The summed E-state index contributed by atoms with van der Waals surface area (Å²) in [5, 5.41) is 13.4. The molecule has 0 spiro atoms. The monoisotopic (exact) mass is 252 g/mol. The van der Waals surface area contributed by atoms with Gasteiger partial charge in [-0.15, -0.1) is 0 Å². The van der Waals surface area contributed by atoms with Crippen LogP contribution in [0.4, 0.5) is 10.5 Å². The van der Waals surface area contributed by atoms with Gasteiger partial charge in [0.1, 0.15) is 6.54 Å². The van der Waals surface area contributed by atoms with Crippen LogP contribution in [0.3, 0.4) is 0 Å². The van der Waals surface area contributed by atoms with Crippen molar-refractivity contribution in [1.29, 1.82) is 0 Å². The number of nitrogens with one attached hydrogen (secondary N) is 2. The lowest BCUT2D eigenvalue weighted by Crippen LogP contribution is -2.33. The molecule has 0 aromatic heterocycles. The molecule has 18 heavy (non-hydrogen) atoms. The number of benzene rings is 1. The predicted octanol–water partition coefficient (Wildman–Crippen LogP) is 0.679. The fourth-order valence-corrected chi connectivity index (χ4v) is 1.13. The van der Waals surface area contributed by atoms with E-state index in [2.05, 4.69) is 15.4 Å². The van der Waals surface area contributed by atoms with E-state index in [0.717, 1.165) is 0 Å². The molecule has 7 nitrogen and oxygen atoms in total. The SMILES string of the molecule is COC(=O)CNC(=O)Nc1cccc(C(=O)O)c1. The Morgan fingerprint density at radius 3 is 2.67 bits per heavy atom. The minimum Gasteiger partial charge on any atom is -0.478 e. The largest absolute Gasteiger partial charge is 0.478 e. The molecule has 96 valence electrons. The van der Waals surface area contributed by atoms with E-state index in [1.165, 1.54) is 31.4 Å². The molecule has 0 fully saturated rings. The highest BCUT2D eigenvalue weighted by Crippen LogP contribution is 2.10. The van der Waals surface area contributed by atoms with E-state index in [-0.39, 0.29) is 12.1 Å². The van der Waals surface area contributed by atoms with Crippen molar-refractivity contribution in [3.05, 3.63) is 29.8 Å². The average Bonchev–Trinajstić information content (AvgIpc) is 2.36. The minimum atomic E-state index is -1.09. The van der Waals surface area contributed by atoms with Crippen LogP contribution in [0.15, 0.2) is 24.3 Å². The normalized spacial score (nSPS) is 9.39. The van der Waals surface area contributed by atoms with Crippen LogP contribution < -0.4 is 10.6 Å². The Kier molecular flexibility index (Phi) is 4.67. The van der Waals surface area contributed by atoms with Crippen LogP contribution in [0, 0.1) is 0 Å². The maximum Gasteiger partial charge on any atom is 0.335 e. The van der Waals surface area contributed by atoms with Crippen molar-refractivity contribution in [3.8, 4) is 0 Å². The molecule has 0 aliphatic heterocycles. The Labute approximate surface area is 103 Å². The van der Waals surface area contributed by atoms with Gasteiger partial charge in [0, 0.05) is 5.69 Å². The lowest BCUT2D eigenvalue weighted by molar-refractivity contribution is -0.139. The van der Waals surface area contributed by atoms with Gasteiger partial charge in [-0.25, -0.2) is 9.59 Å². The molecule has 3 N–H and O–H groups in total. The summed E-state index contributed by atoms with van der Waals surface area (Å²) in [5.74, 6) is -1.67. The van der Waals surface area contributed by atoms with E-state index in [1.807, 2.05) is 0 Å². The molecular weight excluding hydrogens is 240 g/mol. The number of amides is 2. The van der Waals surface area contributed by atoms with Crippen molar-refractivity contribution in [2.45, 2.75) is 0 Å². The zero-order chi connectivity index (χ0) is 13.5. The average molecular weight is 252 g/mol. The maximum atomic E-state index is 11.3. The number of hydrogen-bond acceptors (Lipinski definition) is 4. The number of carbonyl (C=O) groups is 3. The first kappa shape index (κ1) is 13.5. The van der Waals surface area contributed by atoms with Crippen molar-refractivity contribution < 1.29 is 24.2 Å². The number of carbonyl (C=O) groups excluding carboxylic acids is 2. The first-order chi connectivity index (χ1) is 8.52. The molecule has 0 saturated carbocycles. The number of ether oxygens (including phenoxy) is 1. The third-order valence-electron chi connectivity index (χ3n) is 1.99. The van der Waals surface area contributed by atoms with E-state index in [0.29, 0.717) is 5.69 Å². The number of aromatic carboxylic acids is 1. The fourth-order valence-electron chi connectivity index (χ4n) is 1.13. The summed E-state index contributed by atoms with van der Waals surface area (Å²) in [7, 11) is 1.21. The highest BCUT2D eigenvalue weighted by atomic mass is 16.5. The Balaban J connectivity index is 2.56. The lowest BCUT2D eigenvalue weighted by Gasteiger charge is -2.07. The number of urea groups is 1. The summed E-state index contributed by atoms with van der Waals surface area (Å²) in [4.78, 5) is 32.8. The maximum absolute atomic E-state index is 11.3. The van der Waals surface area contributed by atoms with Gasteiger partial charge in [-0.3, -0.25) is 4.79 Å². The Morgan fingerprint density at radius 2 is 2.06 bits per heavy atom. The molecule has 0 aliphatic rings. The molecular formula is C11H12N2O5. The Morgan fingerprint density at radius 1 is 1.33 bits per heavy atom. The van der Waals surface area contributed by atoms with Gasteiger partial charge >= 0.3 is 18.0 Å². The van der Waals surface area contributed by atoms with Gasteiger partial charge in [0.25, 0.3) is 0 Å². The summed E-state index contributed by atoms with van der Waals surface area (Å²) in [6.45, 7) is -0.263. The number of hydrogen-bond donors (Lipinski definition) is 3. The number of anilines is 1. The van der Waals surface area contributed by atoms with E-state index in [1.54, 1.807) is 0 Å². The highest BCUT2D eigenvalue weighted by molar-refractivity contribution is 5.94. The fraction of sp³-hybridized carbons (Fsp3) is 0.182. The quantitative estimate of drug-likeness (QED) is 0.683. The predicted molar refractivity (Wildman–Crippen MR) is 62.4 cm³/mol. The number of carboxylic acid groups (broad SMARTS) is 1. The molecule has 0 radical (unpaired) electrons. The van der Waals surface area contributed by atoms with E-state index in [4.69, 9.17) is 5.11 Å². The number of methoxy groups -OCH3 is 1. The van der Waals surface area contributed by atoms with Gasteiger partial charge in [0.15, 0.2) is 0 Å². The Bertz CT molecular complexity index is 472. The molecule has 0 atom stereocenters.